The van der Waals surface area contributed by atoms with Crippen molar-refractivity contribution in [3.8, 4) is 11.5 Å². The van der Waals surface area contributed by atoms with Gasteiger partial charge in [0.15, 0.2) is 0 Å². The molecule has 0 N–H and O–H groups in total. The first-order chi connectivity index (χ1) is 8.31. The zero-order valence-electron chi connectivity index (χ0n) is 10.7. The second kappa shape index (κ2) is 5.92. The molecule has 3 heteroatoms. The first-order valence-electron chi connectivity index (χ1n) is 6.26. The minimum absolute atomic E-state index is 0.872. The molecule has 17 heavy (non-hydrogen) atoms. The summed E-state index contributed by atoms with van der Waals surface area (Å²) >= 11 is 0. The molecule has 0 amide bonds. The fourth-order valence-electron chi connectivity index (χ4n) is 2.33. The Labute approximate surface area is 103 Å². The van der Waals surface area contributed by atoms with Gasteiger partial charge in [0, 0.05) is 12.6 Å². The highest BCUT2D eigenvalue weighted by molar-refractivity contribution is 5.38. The number of ether oxygens (including phenoxy) is 2. The highest BCUT2D eigenvalue weighted by atomic mass is 16.5. The molecule has 1 saturated heterocycles. The highest BCUT2D eigenvalue weighted by Gasteiger charge is 2.11. The van der Waals surface area contributed by atoms with Crippen LogP contribution in [-0.4, -0.2) is 32.2 Å². The number of nitrogens with zero attached hydrogens (tertiary/aromatic N) is 1. The molecule has 0 aromatic heterocycles. The number of rotatable bonds is 4. The zero-order valence-corrected chi connectivity index (χ0v) is 10.7. The summed E-state index contributed by atoms with van der Waals surface area (Å²) in [7, 11) is 3.39. The molecule has 1 aromatic carbocycles. The molecule has 0 spiro atoms. The predicted octanol–water partition coefficient (Wildman–Crippen LogP) is 2.69. The lowest BCUT2D eigenvalue weighted by atomic mass is 10.1. The van der Waals surface area contributed by atoms with Crippen molar-refractivity contribution in [1.82, 2.24) is 4.90 Å². The molecule has 0 atom stereocenters. The topological polar surface area (TPSA) is 21.7 Å². The summed E-state index contributed by atoms with van der Waals surface area (Å²) in [6.45, 7) is 3.41. The van der Waals surface area contributed by atoms with Crippen LogP contribution in [0.2, 0.25) is 0 Å². The van der Waals surface area contributed by atoms with Crippen LogP contribution < -0.4 is 9.47 Å². The van der Waals surface area contributed by atoms with Crippen LogP contribution in [0, 0.1) is 0 Å². The van der Waals surface area contributed by atoms with Gasteiger partial charge in [0.1, 0.15) is 11.5 Å². The fourth-order valence-corrected chi connectivity index (χ4v) is 2.33. The number of piperidine rings is 1. The molecule has 0 unspecified atom stereocenters. The van der Waals surface area contributed by atoms with E-state index < -0.39 is 0 Å². The van der Waals surface area contributed by atoms with Gasteiger partial charge in [0.25, 0.3) is 0 Å². The number of benzene rings is 1. The third-order valence-corrected chi connectivity index (χ3v) is 3.27. The summed E-state index contributed by atoms with van der Waals surface area (Å²) < 4.78 is 10.6. The second-order valence-electron chi connectivity index (χ2n) is 4.56. The normalized spacial score (nSPS) is 16.8. The molecule has 2 rings (SSSR count). The molecule has 0 aliphatic carbocycles. The van der Waals surface area contributed by atoms with Crippen molar-refractivity contribution in [3.05, 3.63) is 23.8 Å². The van der Waals surface area contributed by atoms with Crippen molar-refractivity contribution in [2.45, 2.75) is 25.8 Å². The Morgan fingerprint density at radius 3 is 2.06 bits per heavy atom. The van der Waals surface area contributed by atoms with Crippen LogP contribution >= 0.6 is 0 Å². The molecule has 1 aliphatic rings. The molecule has 1 fully saturated rings. The molecule has 3 nitrogen and oxygen atoms in total. The maximum Gasteiger partial charge on any atom is 0.122 e. The van der Waals surface area contributed by atoms with E-state index in [1.807, 2.05) is 6.07 Å². The SMILES string of the molecule is COc1cc(CN2CCCCC2)cc(OC)c1. The quantitative estimate of drug-likeness (QED) is 0.801. The van der Waals surface area contributed by atoms with Crippen LogP contribution in [0.25, 0.3) is 0 Å². The predicted molar refractivity (Wildman–Crippen MR) is 68.7 cm³/mol. The van der Waals surface area contributed by atoms with Crippen LogP contribution in [0.3, 0.4) is 0 Å². The van der Waals surface area contributed by atoms with E-state index in [0.717, 1.165) is 18.0 Å². The van der Waals surface area contributed by atoms with Crippen LogP contribution in [0.4, 0.5) is 0 Å². The van der Waals surface area contributed by atoms with Crippen molar-refractivity contribution < 1.29 is 9.47 Å². The molecule has 1 aliphatic heterocycles. The Kier molecular flexibility index (Phi) is 4.26. The van der Waals surface area contributed by atoms with Gasteiger partial charge in [-0.05, 0) is 43.6 Å². The van der Waals surface area contributed by atoms with Gasteiger partial charge in [-0.3, -0.25) is 4.90 Å². The van der Waals surface area contributed by atoms with Crippen molar-refractivity contribution in [2.24, 2.45) is 0 Å². The Morgan fingerprint density at radius 2 is 1.53 bits per heavy atom. The Hall–Kier alpha value is -1.22. The maximum atomic E-state index is 5.29. The second-order valence-corrected chi connectivity index (χ2v) is 4.56. The first-order valence-corrected chi connectivity index (χ1v) is 6.26. The average molecular weight is 235 g/mol. The van der Waals surface area contributed by atoms with E-state index in [1.165, 1.54) is 37.9 Å². The van der Waals surface area contributed by atoms with Crippen molar-refractivity contribution in [2.75, 3.05) is 27.3 Å². The van der Waals surface area contributed by atoms with Crippen LogP contribution in [0.1, 0.15) is 24.8 Å². The van der Waals surface area contributed by atoms with E-state index in [0.29, 0.717) is 0 Å². The van der Waals surface area contributed by atoms with Gasteiger partial charge in [0.2, 0.25) is 0 Å². The summed E-state index contributed by atoms with van der Waals surface area (Å²) in [5.74, 6) is 1.74. The van der Waals surface area contributed by atoms with E-state index in [-0.39, 0.29) is 0 Å². The van der Waals surface area contributed by atoms with Gasteiger partial charge < -0.3 is 9.47 Å². The molecular formula is C14H21NO2. The van der Waals surface area contributed by atoms with Gasteiger partial charge in [-0.2, -0.15) is 0 Å². The summed E-state index contributed by atoms with van der Waals surface area (Å²) in [6, 6.07) is 6.11. The van der Waals surface area contributed by atoms with Crippen molar-refractivity contribution in [3.63, 3.8) is 0 Å². The zero-order chi connectivity index (χ0) is 12.1. The first kappa shape index (κ1) is 12.2. The monoisotopic (exact) mass is 235 g/mol. The molecule has 1 aromatic rings. The van der Waals surface area contributed by atoms with Crippen LogP contribution in [0.15, 0.2) is 18.2 Å². The number of methoxy groups -OCH3 is 2. The Morgan fingerprint density at radius 1 is 0.941 bits per heavy atom. The van der Waals surface area contributed by atoms with Crippen molar-refractivity contribution >= 4 is 0 Å². The summed E-state index contributed by atoms with van der Waals surface area (Å²) in [5, 5.41) is 0. The smallest absolute Gasteiger partial charge is 0.122 e. The average Bonchev–Trinajstić information content (AvgIpc) is 2.39. The number of hydrogen-bond acceptors (Lipinski definition) is 3. The van der Waals surface area contributed by atoms with E-state index in [1.54, 1.807) is 14.2 Å². The molecule has 0 radical (unpaired) electrons. The molecule has 94 valence electrons. The fraction of sp³-hybridized carbons (Fsp3) is 0.571. The number of likely N-dealkylation sites (tertiary alicyclic amines) is 1. The summed E-state index contributed by atoms with van der Waals surface area (Å²) in [5.41, 5.74) is 1.27. The van der Waals surface area contributed by atoms with Gasteiger partial charge in [-0.1, -0.05) is 6.42 Å². The third-order valence-electron chi connectivity index (χ3n) is 3.27. The minimum Gasteiger partial charge on any atom is -0.497 e. The van der Waals surface area contributed by atoms with Gasteiger partial charge in [-0.15, -0.1) is 0 Å². The standard InChI is InChI=1S/C14H21NO2/c1-16-13-8-12(9-14(10-13)17-2)11-15-6-4-3-5-7-15/h8-10H,3-7,11H2,1-2H3. The molecule has 0 saturated carbocycles. The van der Waals surface area contributed by atoms with Gasteiger partial charge >= 0.3 is 0 Å². The summed E-state index contributed by atoms with van der Waals surface area (Å²) in [4.78, 5) is 2.50. The van der Waals surface area contributed by atoms with Crippen molar-refractivity contribution in [1.29, 1.82) is 0 Å². The van der Waals surface area contributed by atoms with E-state index in [9.17, 15) is 0 Å². The number of hydrogen-bond donors (Lipinski definition) is 0. The third kappa shape index (κ3) is 3.37. The lowest BCUT2D eigenvalue weighted by Gasteiger charge is -2.26. The molecule has 0 bridgehead atoms. The molecule has 1 heterocycles. The maximum absolute atomic E-state index is 5.29. The Balaban J connectivity index is 2.07. The lowest BCUT2D eigenvalue weighted by molar-refractivity contribution is 0.220. The largest absolute Gasteiger partial charge is 0.497 e. The van der Waals surface area contributed by atoms with Crippen LogP contribution in [-0.2, 0) is 6.54 Å². The van der Waals surface area contributed by atoms with Gasteiger partial charge in [0.05, 0.1) is 14.2 Å². The summed E-state index contributed by atoms with van der Waals surface area (Å²) in [6.07, 6.45) is 4.01. The van der Waals surface area contributed by atoms with Gasteiger partial charge in [-0.25, -0.2) is 0 Å². The molecular weight excluding hydrogens is 214 g/mol. The van der Waals surface area contributed by atoms with E-state index in [2.05, 4.69) is 17.0 Å². The Bertz CT molecular complexity index is 337. The minimum atomic E-state index is 0.872. The van der Waals surface area contributed by atoms with E-state index in [4.69, 9.17) is 9.47 Å². The van der Waals surface area contributed by atoms with E-state index >= 15 is 0 Å². The lowest BCUT2D eigenvalue weighted by Crippen LogP contribution is -2.29. The highest BCUT2D eigenvalue weighted by Crippen LogP contribution is 2.24. The van der Waals surface area contributed by atoms with Crippen LogP contribution in [0.5, 0.6) is 11.5 Å².